The van der Waals surface area contributed by atoms with Crippen LogP contribution in [0.25, 0.3) is 0 Å². The molecule has 118 valence electrons. The molecule has 0 radical (unpaired) electrons. The lowest BCUT2D eigenvalue weighted by Crippen LogP contribution is -2.55. The zero-order chi connectivity index (χ0) is 15.2. The van der Waals surface area contributed by atoms with E-state index in [1.807, 2.05) is 12.1 Å². The molecule has 0 spiro atoms. The van der Waals surface area contributed by atoms with Gasteiger partial charge in [0.15, 0.2) is 0 Å². The molecule has 2 atom stereocenters. The van der Waals surface area contributed by atoms with E-state index in [0.717, 1.165) is 24.7 Å². The van der Waals surface area contributed by atoms with Crippen LogP contribution in [-0.2, 0) is 6.54 Å². The maximum Gasteiger partial charge on any atom is 0.0465 e. The number of nitrogens with zero attached hydrogens (tertiary/aromatic N) is 1. The summed E-state index contributed by atoms with van der Waals surface area (Å²) >= 11 is 12.3. The van der Waals surface area contributed by atoms with Gasteiger partial charge in [-0.25, -0.2) is 0 Å². The van der Waals surface area contributed by atoms with E-state index < -0.39 is 0 Å². The van der Waals surface area contributed by atoms with Gasteiger partial charge in [-0.15, -0.1) is 0 Å². The molecule has 1 aliphatic heterocycles. The largest absolute Gasteiger partial charge is 0.311 e. The Kier molecular flexibility index (Phi) is 6.81. The summed E-state index contributed by atoms with van der Waals surface area (Å²) in [6, 6.07) is 7.05. The zero-order valence-corrected chi connectivity index (χ0v) is 14.6. The fraction of sp³-hybridized carbons (Fsp3) is 0.647. The molecule has 0 bridgehead atoms. The number of nitrogens with one attached hydrogen (secondary N) is 1. The van der Waals surface area contributed by atoms with Crippen molar-refractivity contribution in [1.82, 2.24) is 10.2 Å². The summed E-state index contributed by atoms with van der Waals surface area (Å²) in [6.07, 6.45) is 4.92. The van der Waals surface area contributed by atoms with Crippen LogP contribution in [0.4, 0.5) is 0 Å². The molecule has 1 fully saturated rings. The van der Waals surface area contributed by atoms with E-state index >= 15 is 0 Å². The van der Waals surface area contributed by atoms with Gasteiger partial charge in [-0.05, 0) is 30.5 Å². The average Bonchev–Trinajstić information content (AvgIpc) is 2.45. The SMILES string of the molecule is CCCC1CN(Cc2ccc(Cl)cc2Cl)C(CCC)CN1. The van der Waals surface area contributed by atoms with E-state index in [0.29, 0.717) is 17.1 Å². The van der Waals surface area contributed by atoms with E-state index in [9.17, 15) is 0 Å². The molecule has 2 unspecified atom stereocenters. The van der Waals surface area contributed by atoms with Gasteiger partial charge >= 0.3 is 0 Å². The molecule has 1 heterocycles. The van der Waals surface area contributed by atoms with Crippen LogP contribution < -0.4 is 5.32 Å². The molecule has 0 aromatic heterocycles. The average molecular weight is 329 g/mol. The molecular weight excluding hydrogens is 303 g/mol. The van der Waals surface area contributed by atoms with E-state index in [1.54, 1.807) is 0 Å². The lowest BCUT2D eigenvalue weighted by Gasteiger charge is -2.40. The maximum absolute atomic E-state index is 6.34. The van der Waals surface area contributed by atoms with Crippen LogP contribution in [0.3, 0.4) is 0 Å². The van der Waals surface area contributed by atoms with Crippen molar-refractivity contribution in [2.24, 2.45) is 0 Å². The number of hydrogen-bond acceptors (Lipinski definition) is 2. The molecule has 1 aromatic rings. The third kappa shape index (κ3) is 4.85. The summed E-state index contributed by atoms with van der Waals surface area (Å²) < 4.78 is 0. The van der Waals surface area contributed by atoms with Crippen LogP contribution >= 0.6 is 23.2 Å². The molecule has 4 heteroatoms. The minimum atomic E-state index is 0.606. The first-order valence-corrected chi connectivity index (χ1v) is 8.81. The van der Waals surface area contributed by atoms with Gasteiger partial charge in [0.2, 0.25) is 0 Å². The third-order valence-corrected chi connectivity index (χ3v) is 4.85. The molecule has 2 rings (SSSR count). The van der Waals surface area contributed by atoms with Crippen LogP contribution in [0.2, 0.25) is 10.0 Å². The minimum Gasteiger partial charge on any atom is -0.311 e. The number of hydrogen-bond donors (Lipinski definition) is 1. The van der Waals surface area contributed by atoms with Crippen molar-refractivity contribution >= 4 is 23.2 Å². The predicted octanol–water partition coefficient (Wildman–Crippen LogP) is 4.74. The second-order valence-electron chi connectivity index (χ2n) is 6.00. The maximum atomic E-state index is 6.34. The number of halogens is 2. The van der Waals surface area contributed by atoms with Crippen molar-refractivity contribution in [2.45, 2.75) is 58.2 Å². The van der Waals surface area contributed by atoms with Crippen LogP contribution in [-0.4, -0.2) is 30.1 Å². The molecular formula is C17H26Cl2N2. The summed E-state index contributed by atoms with van der Waals surface area (Å²) in [5, 5.41) is 5.19. The Morgan fingerprint density at radius 3 is 2.62 bits per heavy atom. The smallest absolute Gasteiger partial charge is 0.0465 e. The fourth-order valence-electron chi connectivity index (χ4n) is 3.15. The Morgan fingerprint density at radius 1 is 1.19 bits per heavy atom. The van der Waals surface area contributed by atoms with Gasteiger partial charge in [0.25, 0.3) is 0 Å². The number of benzene rings is 1. The van der Waals surface area contributed by atoms with Crippen LogP contribution in [0.15, 0.2) is 18.2 Å². The lowest BCUT2D eigenvalue weighted by molar-refractivity contribution is 0.112. The van der Waals surface area contributed by atoms with Gasteiger partial charge in [0, 0.05) is 41.8 Å². The molecule has 1 aromatic carbocycles. The molecule has 21 heavy (non-hydrogen) atoms. The quantitative estimate of drug-likeness (QED) is 0.811. The molecule has 1 saturated heterocycles. The Hall–Kier alpha value is -0.280. The molecule has 2 nitrogen and oxygen atoms in total. The van der Waals surface area contributed by atoms with Crippen molar-refractivity contribution in [1.29, 1.82) is 0 Å². The molecule has 1 aliphatic rings. The van der Waals surface area contributed by atoms with Crippen molar-refractivity contribution in [2.75, 3.05) is 13.1 Å². The van der Waals surface area contributed by atoms with Crippen LogP contribution in [0.5, 0.6) is 0 Å². The van der Waals surface area contributed by atoms with Crippen molar-refractivity contribution in [3.8, 4) is 0 Å². The van der Waals surface area contributed by atoms with Gasteiger partial charge in [0.05, 0.1) is 0 Å². The van der Waals surface area contributed by atoms with Gasteiger partial charge in [0.1, 0.15) is 0 Å². The predicted molar refractivity (Wildman–Crippen MR) is 92.3 cm³/mol. The normalized spacial score (nSPS) is 23.4. The highest BCUT2D eigenvalue weighted by Crippen LogP contribution is 2.25. The summed E-state index contributed by atoms with van der Waals surface area (Å²) in [7, 11) is 0. The third-order valence-electron chi connectivity index (χ3n) is 4.26. The summed E-state index contributed by atoms with van der Waals surface area (Å²) in [5.74, 6) is 0. The zero-order valence-electron chi connectivity index (χ0n) is 13.0. The highest BCUT2D eigenvalue weighted by atomic mass is 35.5. The van der Waals surface area contributed by atoms with Gasteiger partial charge in [-0.1, -0.05) is 56.0 Å². The van der Waals surface area contributed by atoms with Crippen LogP contribution in [0.1, 0.15) is 45.1 Å². The van der Waals surface area contributed by atoms with E-state index in [1.165, 1.54) is 31.2 Å². The first-order chi connectivity index (χ1) is 10.1. The standard InChI is InChI=1S/C17H26Cl2N2/c1-3-5-15-12-21(16(6-4-2)10-20-15)11-13-7-8-14(18)9-17(13)19/h7-9,15-16,20H,3-6,10-12H2,1-2H3. The Morgan fingerprint density at radius 2 is 1.95 bits per heavy atom. The number of piperazine rings is 1. The number of rotatable bonds is 6. The first-order valence-electron chi connectivity index (χ1n) is 8.05. The highest BCUT2D eigenvalue weighted by molar-refractivity contribution is 6.35. The monoisotopic (exact) mass is 328 g/mol. The Balaban J connectivity index is 2.07. The molecule has 0 amide bonds. The molecule has 0 saturated carbocycles. The van der Waals surface area contributed by atoms with Gasteiger partial charge in [-0.3, -0.25) is 4.90 Å². The summed E-state index contributed by atoms with van der Waals surface area (Å²) in [4.78, 5) is 2.59. The Bertz CT molecular complexity index is 450. The van der Waals surface area contributed by atoms with Crippen molar-refractivity contribution < 1.29 is 0 Å². The molecule has 1 N–H and O–H groups in total. The van der Waals surface area contributed by atoms with Crippen molar-refractivity contribution in [3.05, 3.63) is 33.8 Å². The lowest BCUT2D eigenvalue weighted by atomic mass is 10.0. The molecule has 0 aliphatic carbocycles. The van der Waals surface area contributed by atoms with Gasteiger partial charge in [-0.2, -0.15) is 0 Å². The van der Waals surface area contributed by atoms with E-state index in [-0.39, 0.29) is 0 Å². The summed E-state index contributed by atoms with van der Waals surface area (Å²) in [5.41, 5.74) is 1.18. The van der Waals surface area contributed by atoms with E-state index in [4.69, 9.17) is 23.2 Å². The van der Waals surface area contributed by atoms with Gasteiger partial charge < -0.3 is 5.32 Å². The second kappa shape index (κ2) is 8.38. The van der Waals surface area contributed by atoms with E-state index in [2.05, 4.69) is 30.1 Å². The first kappa shape index (κ1) is 17.1. The topological polar surface area (TPSA) is 15.3 Å². The summed E-state index contributed by atoms with van der Waals surface area (Å²) in [6.45, 7) is 7.62. The highest BCUT2D eigenvalue weighted by Gasteiger charge is 2.27. The van der Waals surface area contributed by atoms with Crippen LogP contribution in [0, 0.1) is 0 Å². The second-order valence-corrected chi connectivity index (χ2v) is 6.85. The van der Waals surface area contributed by atoms with Crippen molar-refractivity contribution in [3.63, 3.8) is 0 Å². The Labute approximate surface area is 138 Å². The fourth-order valence-corrected chi connectivity index (χ4v) is 3.62. The minimum absolute atomic E-state index is 0.606.